The van der Waals surface area contributed by atoms with E-state index in [4.69, 9.17) is 4.74 Å². The first-order valence-corrected chi connectivity index (χ1v) is 7.37. The number of ether oxygens (including phenoxy) is 1. The number of benzene rings is 1. The highest BCUT2D eigenvalue weighted by atomic mass is 16.5. The first kappa shape index (κ1) is 14.1. The van der Waals surface area contributed by atoms with Crippen molar-refractivity contribution in [3.63, 3.8) is 0 Å². The fourth-order valence-corrected chi connectivity index (χ4v) is 2.77. The minimum atomic E-state index is -0.506. The molecule has 2 nitrogen and oxygen atoms in total. The van der Waals surface area contributed by atoms with Crippen LogP contribution in [0.4, 0.5) is 0 Å². The maximum Gasteiger partial charge on any atom is 0.321 e. The van der Waals surface area contributed by atoms with Gasteiger partial charge in [0.15, 0.2) is 0 Å². The van der Waals surface area contributed by atoms with Crippen LogP contribution >= 0.6 is 0 Å². The minimum Gasteiger partial charge on any atom is -0.426 e. The van der Waals surface area contributed by atoms with Crippen molar-refractivity contribution in [2.75, 3.05) is 0 Å². The molecule has 1 aliphatic rings. The molecular weight excluding hydrogens is 236 g/mol. The van der Waals surface area contributed by atoms with E-state index in [1.807, 2.05) is 19.9 Å². The molecule has 0 spiro atoms. The Bertz CT molecular complexity index is 474. The maximum absolute atomic E-state index is 11.9. The molecule has 1 aromatic rings. The third kappa shape index (κ3) is 2.54. The van der Waals surface area contributed by atoms with Gasteiger partial charge in [0.05, 0.1) is 5.41 Å². The van der Waals surface area contributed by atoms with Crippen LogP contribution in [-0.2, 0) is 10.2 Å². The second-order valence-corrected chi connectivity index (χ2v) is 6.02. The fraction of sp³-hybridized carbons (Fsp3) is 0.588. The van der Waals surface area contributed by atoms with Crippen molar-refractivity contribution >= 4 is 5.97 Å². The number of esters is 1. The molecule has 0 fully saturated rings. The normalized spacial score (nSPS) is 18.0. The molecule has 0 aliphatic carbocycles. The van der Waals surface area contributed by atoms with Crippen molar-refractivity contribution in [1.29, 1.82) is 0 Å². The highest BCUT2D eigenvalue weighted by molar-refractivity contribution is 5.89. The Morgan fingerprint density at radius 3 is 2.63 bits per heavy atom. The molecule has 0 bridgehead atoms. The van der Waals surface area contributed by atoms with Crippen LogP contribution in [0.2, 0.25) is 0 Å². The summed E-state index contributed by atoms with van der Waals surface area (Å²) in [6.45, 7) is 8.35. The molecule has 0 saturated heterocycles. The molecule has 1 unspecified atom stereocenters. The van der Waals surface area contributed by atoms with Gasteiger partial charge in [0.25, 0.3) is 0 Å². The summed E-state index contributed by atoms with van der Waals surface area (Å²) in [6.07, 6.45) is 4.86. The smallest absolute Gasteiger partial charge is 0.321 e. The van der Waals surface area contributed by atoms with E-state index in [0.717, 1.165) is 17.7 Å². The maximum atomic E-state index is 11.9. The summed E-state index contributed by atoms with van der Waals surface area (Å²) >= 11 is 0. The largest absolute Gasteiger partial charge is 0.426 e. The number of unbranched alkanes of at least 4 members (excludes halogenated alkanes) is 1. The predicted molar refractivity (Wildman–Crippen MR) is 77.7 cm³/mol. The van der Waals surface area contributed by atoms with Gasteiger partial charge in [-0.1, -0.05) is 38.8 Å². The Morgan fingerprint density at radius 1 is 1.26 bits per heavy atom. The van der Waals surface area contributed by atoms with E-state index in [2.05, 4.69) is 26.0 Å². The number of hydrogen-bond acceptors (Lipinski definition) is 2. The summed E-state index contributed by atoms with van der Waals surface area (Å²) < 4.78 is 5.33. The van der Waals surface area contributed by atoms with Gasteiger partial charge in [-0.2, -0.15) is 0 Å². The minimum absolute atomic E-state index is 0.138. The molecule has 1 aromatic carbocycles. The summed E-state index contributed by atoms with van der Waals surface area (Å²) in [5, 5.41) is 0. The van der Waals surface area contributed by atoms with Crippen LogP contribution in [0, 0.1) is 0 Å². The number of rotatable bonds is 5. The topological polar surface area (TPSA) is 26.3 Å². The van der Waals surface area contributed by atoms with Gasteiger partial charge in [0.1, 0.15) is 5.75 Å². The van der Waals surface area contributed by atoms with Crippen LogP contribution in [-0.4, -0.2) is 5.97 Å². The molecule has 104 valence electrons. The molecule has 2 heteroatoms. The van der Waals surface area contributed by atoms with E-state index < -0.39 is 5.41 Å². The van der Waals surface area contributed by atoms with Crippen LogP contribution in [0.1, 0.15) is 70.4 Å². The van der Waals surface area contributed by atoms with E-state index in [9.17, 15) is 4.79 Å². The van der Waals surface area contributed by atoms with Gasteiger partial charge in [-0.3, -0.25) is 4.79 Å². The standard InChI is InChI=1S/C17H24O2/c1-5-7-8-12(6-2)13-9-10-15-14(11-13)17(3,4)16(18)19-15/h9-12H,5-8H2,1-4H3. The van der Waals surface area contributed by atoms with Crippen LogP contribution in [0.15, 0.2) is 18.2 Å². The Morgan fingerprint density at radius 2 is 2.00 bits per heavy atom. The van der Waals surface area contributed by atoms with Crippen LogP contribution in [0.25, 0.3) is 0 Å². The van der Waals surface area contributed by atoms with Crippen LogP contribution in [0.3, 0.4) is 0 Å². The number of carbonyl (C=O) groups excluding carboxylic acids is 1. The van der Waals surface area contributed by atoms with Crippen molar-refractivity contribution in [1.82, 2.24) is 0 Å². The van der Waals surface area contributed by atoms with E-state index in [1.54, 1.807) is 0 Å². The number of hydrogen-bond donors (Lipinski definition) is 0. The molecule has 0 radical (unpaired) electrons. The fourth-order valence-electron chi connectivity index (χ4n) is 2.77. The lowest BCUT2D eigenvalue weighted by Gasteiger charge is -2.18. The van der Waals surface area contributed by atoms with Crippen molar-refractivity contribution in [3.05, 3.63) is 29.3 Å². The van der Waals surface area contributed by atoms with Gasteiger partial charge in [0, 0.05) is 5.56 Å². The average molecular weight is 260 g/mol. The van der Waals surface area contributed by atoms with Gasteiger partial charge < -0.3 is 4.74 Å². The number of carbonyl (C=O) groups is 1. The van der Waals surface area contributed by atoms with Gasteiger partial charge in [0.2, 0.25) is 0 Å². The lowest BCUT2D eigenvalue weighted by Crippen LogP contribution is -2.26. The highest BCUT2D eigenvalue weighted by Gasteiger charge is 2.41. The molecule has 19 heavy (non-hydrogen) atoms. The highest BCUT2D eigenvalue weighted by Crippen LogP contribution is 2.41. The molecule has 0 saturated carbocycles. The SMILES string of the molecule is CCCCC(CC)c1ccc2c(c1)C(C)(C)C(=O)O2. The molecular formula is C17H24O2. The van der Waals surface area contributed by atoms with Gasteiger partial charge in [-0.15, -0.1) is 0 Å². The van der Waals surface area contributed by atoms with Gasteiger partial charge in [-0.25, -0.2) is 0 Å². The predicted octanol–water partition coefficient (Wildman–Crippen LogP) is 4.57. The molecule has 2 rings (SSSR count). The third-order valence-corrected chi connectivity index (χ3v) is 4.26. The van der Waals surface area contributed by atoms with E-state index in [1.165, 1.54) is 24.8 Å². The zero-order chi connectivity index (χ0) is 14.0. The van der Waals surface area contributed by atoms with Crippen molar-refractivity contribution in [2.45, 2.75) is 64.7 Å². The third-order valence-electron chi connectivity index (χ3n) is 4.26. The van der Waals surface area contributed by atoms with Crippen molar-refractivity contribution in [2.24, 2.45) is 0 Å². The molecule has 0 N–H and O–H groups in total. The Labute approximate surface area is 116 Å². The van der Waals surface area contributed by atoms with E-state index in [-0.39, 0.29) is 5.97 Å². The molecule has 1 atom stereocenters. The second-order valence-electron chi connectivity index (χ2n) is 6.02. The first-order chi connectivity index (χ1) is 9.00. The van der Waals surface area contributed by atoms with Crippen molar-refractivity contribution < 1.29 is 9.53 Å². The summed E-state index contributed by atoms with van der Waals surface area (Å²) in [5.41, 5.74) is 1.89. The zero-order valence-electron chi connectivity index (χ0n) is 12.5. The lowest BCUT2D eigenvalue weighted by atomic mass is 9.82. The van der Waals surface area contributed by atoms with Gasteiger partial charge >= 0.3 is 5.97 Å². The Kier molecular flexibility index (Phi) is 3.98. The summed E-state index contributed by atoms with van der Waals surface area (Å²) in [5.74, 6) is 1.20. The molecule has 1 aliphatic heterocycles. The lowest BCUT2D eigenvalue weighted by molar-refractivity contribution is -0.137. The molecule has 1 heterocycles. The Balaban J connectivity index is 2.31. The van der Waals surface area contributed by atoms with E-state index in [0.29, 0.717) is 5.92 Å². The first-order valence-electron chi connectivity index (χ1n) is 7.37. The van der Waals surface area contributed by atoms with Crippen LogP contribution < -0.4 is 4.74 Å². The van der Waals surface area contributed by atoms with E-state index >= 15 is 0 Å². The summed E-state index contributed by atoms with van der Waals surface area (Å²) in [7, 11) is 0. The second kappa shape index (κ2) is 5.36. The quantitative estimate of drug-likeness (QED) is 0.572. The monoisotopic (exact) mass is 260 g/mol. The molecule has 0 aromatic heterocycles. The average Bonchev–Trinajstić information content (AvgIpc) is 2.62. The van der Waals surface area contributed by atoms with Gasteiger partial charge in [-0.05, 0) is 44.2 Å². The number of fused-ring (bicyclic) bond motifs is 1. The van der Waals surface area contributed by atoms with Crippen LogP contribution in [0.5, 0.6) is 5.75 Å². The molecule has 0 amide bonds. The Hall–Kier alpha value is -1.31. The van der Waals surface area contributed by atoms with Crippen molar-refractivity contribution in [3.8, 4) is 5.75 Å². The zero-order valence-corrected chi connectivity index (χ0v) is 12.5. The summed E-state index contributed by atoms with van der Waals surface area (Å²) in [4.78, 5) is 11.9. The summed E-state index contributed by atoms with van der Waals surface area (Å²) in [6, 6.07) is 6.27.